The highest BCUT2D eigenvalue weighted by Crippen LogP contribution is 2.33. The number of nitrogens with one attached hydrogen (secondary N) is 1. The van der Waals surface area contributed by atoms with E-state index in [0.717, 1.165) is 23.3 Å². The number of hydrogen-bond acceptors (Lipinski definition) is 5. The molecule has 0 saturated carbocycles. The van der Waals surface area contributed by atoms with Gasteiger partial charge in [-0.1, -0.05) is 0 Å². The van der Waals surface area contributed by atoms with Gasteiger partial charge in [0.15, 0.2) is 6.10 Å². The van der Waals surface area contributed by atoms with Crippen molar-refractivity contribution < 1.29 is 19.1 Å². The van der Waals surface area contributed by atoms with E-state index in [2.05, 4.69) is 5.32 Å². The first-order valence-corrected chi connectivity index (χ1v) is 8.50. The second-order valence-corrected chi connectivity index (χ2v) is 6.97. The molecule has 0 aliphatic carbocycles. The number of carbonyl (C=O) groups is 3. The number of esters is 1. The van der Waals surface area contributed by atoms with Gasteiger partial charge in [0.25, 0.3) is 5.91 Å². The third kappa shape index (κ3) is 3.90. The fraction of sp³-hybridized carbons (Fsp3) is 0.562. The maximum atomic E-state index is 12.5. The van der Waals surface area contributed by atoms with E-state index in [1.807, 2.05) is 6.92 Å². The first kappa shape index (κ1) is 17.5. The van der Waals surface area contributed by atoms with E-state index in [4.69, 9.17) is 4.74 Å². The van der Waals surface area contributed by atoms with E-state index < -0.39 is 12.1 Å². The predicted octanol–water partition coefficient (Wildman–Crippen LogP) is 2.49. The number of likely N-dealkylation sites (tertiary alicyclic amines) is 1. The summed E-state index contributed by atoms with van der Waals surface area (Å²) >= 11 is 1.33. The van der Waals surface area contributed by atoms with Gasteiger partial charge in [-0.15, -0.1) is 11.3 Å². The normalized spacial score (nSPS) is 15.4. The van der Waals surface area contributed by atoms with Gasteiger partial charge in [-0.2, -0.15) is 0 Å². The molecule has 2 heterocycles. The van der Waals surface area contributed by atoms with Crippen molar-refractivity contribution in [3.05, 3.63) is 16.0 Å². The standard InChI is InChI=1S/C16H22N2O4S/c1-9-11(3)23-14(17-12(4)19)13(9)16(21)22-10(2)15(20)18-7-5-6-8-18/h10H,5-8H2,1-4H3,(H,17,19)/t10-/m0/s1. The summed E-state index contributed by atoms with van der Waals surface area (Å²) in [6.07, 6.45) is 1.15. The first-order valence-electron chi connectivity index (χ1n) is 7.68. The number of rotatable bonds is 4. The van der Waals surface area contributed by atoms with Crippen LogP contribution in [0.15, 0.2) is 0 Å². The molecule has 1 aliphatic rings. The van der Waals surface area contributed by atoms with Gasteiger partial charge in [0.1, 0.15) is 5.00 Å². The summed E-state index contributed by atoms with van der Waals surface area (Å²) in [5.74, 6) is -0.987. The van der Waals surface area contributed by atoms with Crippen molar-refractivity contribution in [3.63, 3.8) is 0 Å². The van der Waals surface area contributed by atoms with E-state index in [0.29, 0.717) is 23.7 Å². The molecule has 0 aromatic carbocycles. The number of aryl methyl sites for hydroxylation is 1. The van der Waals surface area contributed by atoms with E-state index in [-0.39, 0.29) is 11.8 Å². The minimum absolute atomic E-state index is 0.165. The minimum atomic E-state index is -0.828. The molecule has 1 aromatic heterocycles. The topological polar surface area (TPSA) is 75.7 Å². The molecule has 126 valence electrons. The van der Waals surface area contributed by atoms with Gasteiger partial charge in [-0.05, 0) is 39.2 Å². The van der Waals surface area contributed by atoms with Gasteiger partial charge in [-0.25, -0.2) is 4.79 Å². The summed E-state index contributed by atoms with van der Waals surface area (Å²) in [6.45, 7) is 8.09. The highest BCUT2D eigenvalue weighted by molar-refractivity contribution is 7.16. The second-order valence-electron chi connectivity index (χ2n) is 5.75. The van der Waals surface area contributed by atoms with Gasteiger partial charge < -0.3 is 15.0 Å². The number of ether oxygens (including phenoxy) is 1. The molecule has 0 radical (unpaired) electrons. The van der Waals surface area contributed by atoms with E-state index in [9.17, 15) is 14.4 Å². The van der Waals surface area contributed by atoms with E-state index in [1.165, 1.54) is 18.3 Å². The average Bonchev–Trinajstić information content (AvgIpc) is 3.07. The molecule has 0 spiro atoms. The maximum absolute atomic E-state index is 12.5. The Bertz CT molecular complexity index is 632. The number of hydrogen-bond donors (Lipinski definition) is 1. The molecular formula is C16H22N2O4S. The number of amides is 2. The lowest BCUT2D eigenvalue weighted by atomic mass is 10.1. The summed E-state index contributed by atoms with van der Waals surface area (Å²) in [6, 6.07) is 0. The molecule has 1 aliphatic heterocycles. The zero-order valence-electron chi connectivity index (χ0n) is 13.9. The Morgan fingerprint density at radius 3 is 2.39 bits per heavy atom. The molecule has 1 atom stereocenters. The second kappa shape index (κ2) is 7.12. The summed E-state index contributed by atoms with van der Waals surface area (Å²) in [5.41, 5.74) is 1.10. The van der Waals surface area contributed by atoms with Crippen LogP contribution in [-0.4, -0.2) is 41.9 Å². The van der Waals surface area contributed by atoms with Crippen LogP contribution in [0.25, 0.3) is 0 Å². The number of anilines is 1. The van der Waals surface area contributed by atoms with Crippen LogP contribution in [0, 0.1) is 13.8 Å². The SMILES string of the molecule is CC(=O)Nc1sc(C)c(C)c1C(=O)O[C@@H](C)C(=O)N1CCCC1. The van der Waals surface area contributed by atoms with Gasteiger partial charge >= 0.3 is 5.97 Å². The molecule has 0 unspecified atom stereocenters. The summed E-state index contributed by atoms with van der Waals surface area (Å²) in [5, 5.41) is 3.13. The van der Waals surface area contributed by atoms with Crippen LogP contribution in [0.3, 0.4) is 0 Å². The van der Waals surface area contributed by atoms with Crippen LogP contribution in [0.5, 0.6) is 0 Å². The van der Waals surface area contributed by atoms with E-state index >= 15 is 0 Å². The molecule has 1 N–H and O–H groups in total. The van der Waals surface area contributed by atoms with Crippen molar-refractivity contribution in [2.24, 2.45) is 0 Å². The molecule has 2 rings (SSSR count). The number of nitrogens with zero attached hydrogens (tertiary/aromatic N) is 1. The predicted molar refractivity (Wildman–Crippen MR) is 88.8 cm³/mol. The fourth-order valence-electron chi connectivity index (χ4n) is 2.59. The maximum Gasteiger partial charge on any atom is 0.342 e. The van der Waals surface area contributed by atoms with E-state index in [1.54, 1.807) is 18.7 Å². The molecular weight excluding hydrogens is 316 g/mol. The molecule has 1 saturated heterocycles. The lowest BCUT2D eigenvalue weighted by Gasteiger charge is -2.20. The summed E-state index contributed by atoms with van der Waals surface area (Å²) < 4.78 is 5.35. The Hall–Kier alpha value is -1.89. The Balaban J connectivity index is 2.13. The van der Waals surface area contributed by atoms with Crippen molar-refractivity contribution >= 4 is 34.1 Å². The quantitative estimate of drug-likeness (QED) is 0.856. The number of carbonyl (C=O) groups excluding carboxylic acids is 3. The van der Waals surface area contributed by atoms with Crippen molar-refractivity contribution in [3.8, 4) is 0 Å². The Morgan fingerprint density at radius 2 is 1.83 bits per heavy atom. The van der Waals surface area contributed by atoms with Crippen molar-refractivity contribution in [2.75, 3.05) is 18.4 Å². The van der Waals surface area contributed by atoms with Crippen LogP contribution < -0.4 is 5.32 Å². The highest BCUT2D eigenvalue weighted by Gasteiger charge is 2.29. The van der Waals surface area contributed by atoms with Gasteiger partial charge in [0.05, 0.1) is 5.56 Å². The highest BCUT2D eigenvalue weighted by atomic mass is 32.1. The zero-order valence-corrected chi connectivity index (χ0v) is 14.7. The van der Waals surface area contributed by atoms with Crippen molar-refractivity contribution in [1.82, 2.24) is 4.90 Å². The Labute approximate surface area is 139 Å². The van der Waals surface area contributed by atoms with Gasteiger partial charge in [0.2, 0.25) is 5.91 Å². The third-order valence-corrected chi connectivity index (χ3v) is 5.05. The lowest BCUT2D eigenvalue weighted by Crippen LogP contribution is -2.38. The Morgan fingerprint density at radius 1 is 1.22 bits per heavy atom. The minimum Gasteiger partial charge on any atom is -0.449 e. The molecule has 23 heavy (non-hydrogen) atoms. The van der Waals surface area contributed by atoms with Crippen molar-refractivity contribution in [2.45, 2.75) is 46.6 Å². The van der Waals surface area contributed by atoms with Crippen molar-refractivity contribution in [1.29, 1.82) is 0 Å². The van der Waals surface area contributed by atoms with Crippen LogP contribution in [0.2, 0.25) is 0 Å². The molecule has 1 aromatic rings. The summed E-state index contributed by atoms with van der Waals surface area (Å²) in [4.78, 5) is 38.7. The molecule has 0 bridgehead atoms. The monoisotopic (exact) mass is 338 g/mol. The first-order chi connectivity index (χ1) is 10.8. The van der Waals surface area contributed by atoms with Crippen LogP contribution in [0.1, 0.15) is 47.5 Å². The summed E-state index contributed by atoms with van der Waals surface area (Å²) in [7, 11) is 0. The van der Waals surface area contributed by atoms with Gasteiger partial charge in [-0.3, -0.25) is 9.59 Å². The molecule has 2 amide bonds. The van der Waals surface area contributed by atoms with Crippen LogP contribution in [-0.2, 0) is 14.3 Å². The third-order valence-electron chi connectivity index (χ3n) is 3.93. The molecule has 6 nitrogen and oxygen atoms in total. The van der Waals surface area contributed by atoms with Crippen LogP contribution in [0.4, 0.5) is 5.00 Å². The average molecular weight is 338 g/mol. The largest absolute Gasteiger partial charge is 0.449 e. The van der Waals surface area contributed by atoms with Gasteiger partial charge in [0, 0.05) is 24.9 Å². The zero-order chi connectivity index (χ0) is 17.1. The fourth-order valence-corrected chi connectivity index (χ4v) is 3.68. The molecule has 1 fully saturated rings. The lowest BCUT2D eigenvalue weighted by molar-refractivity contribution is -0.138. The Kier molecular flexibility index (Phi) is 5.41. The van der Waals surface area contributed by atoms with Crippen LogP contribution >= 0.6 is 11.3 Å². The number of thiophene rings is 1. The smallest absolute Gasteiger partial charge is 0.342 e. The molecule has 7 heteroatoms.